The van der Waals surface area contributed by atoms with Gasteiger partial charge in [-0.05, 0) is 37.6 Å². The van der Waals surface area contributed by atoms with Crippen molar-refractivity contribution in [3.8, 4) is 5.75 Å². The number of rotatable bonds is 4. The lowest BCUT2D eigenvalue weighted by atomic mass is 10.0. The molecule has 0 amide bonds. The molecule has 0 radical (unpaired) electrons. The highest BCUT2D eigenvalue weighted by atomic mass is 16.5. The van der Waals surface area contributed by atoms with Crippen LogP contribution in [0.1, 0.15) is 31.1 Å². The molecule has 100 valence electrons. The zero-order valence-electron chi connectivity index (χ0n) is 11.1. The molecule has 0 aliphatic rings. The van der Waals surface area contributed by atoms with Gasteiger partial charge in [-0.15, -0.1) is 0 Å². The molecule has 0 spiro atoms. The van der Waals surface area contributed by atoms with Crippen molar-refractivity contribution in [3.63, 3.8) is 0 Å². The molecule has 0 aliphatic heterocycles. The van der Waals surface area contributed by atoms with E-state index in [9.17, 15) is 5.11 Å². The van der Waals surface area contributed by atoms with E-state index in [1.165, 1.54) is 0 Å². The Kier molecular flexibility index (Phi) is 4.02. The second kappa shape index (κ2) is 5.71. The summed E-state index contributed by atoms with van der Waals surface area (Å²) in [4.78, 5) is 3.99. The molecule has 1 unspecified atom stereocenters. The summed E-state index contributed by atoms with van der Waals surface area (Å²) in [6.07, 6.45) is 2.47. The number of nitrogens with two attached hydrogens (primary N) is 1. The Hall–Kier alpha value is -2.07. The third kappa shape index (κ3) is 3.23. The van der Waals surface area contributed by atoms with Gasteiger partial charge in [-0.2, -0.15) is 0 Å². The van der Waals surface area contributed by atoms with Crippen LogP contribution in [0, 0.1) is 0 Å². The SMILES string of the molecule is CC(C)Oc1cccc(C(O)c2cnccc2N)c1. The van der Waals surface area contributed by atoms with E-state index in [2.05, 4.69) is 4.98 Å². The van der Waals surface area contributed by atoms with Crippen molar-refractivity contribution in [3.05, 3.63) is 53.9 Å². The lowest BCUT2D eigenvalue weighted by Gasteiger charge is -2.15. The van der Waals surface area contributed by atoms with Crippen molar-refractivity contribution in [2.45, 2.75) is 26.1 Å². The number of nitrogens with zero attached hydrogens (tertiary/aromatic N) is 1. The Morgan fingerprint density at radius 2 is 2.05 bits per heavy atom. The maximum Gasteiger partial charge on any atom is 0.120 e. The normalized spacial score (nSPS) is 12.4. The highest BCUT2D eigenvalue weighted by Gasteiger charge is 2.14. The summed E-state index contributed by atoms with van der Waals surface area (Å²) in [5, 5.41) is 10.4. The predicted molar refractivity (Wildman–Crippen MR) is 74.9 cm³/mol. The lowest BCUT2D eigenvalue weighted by Crippen LogP contribution is -2.07. The molecule has 0 fully saturated rings. The predicted octanol–water partition coefficient (Wildman–Crippen LogP) is 2.53. The van der Waals surface area contributed by atoms with Crippen molar-refractivity contribution >= 4 is 5.69 Å². The van der Waals surface area contributed by atoms with Gasteiger partial charge in [-0.25, -0.2) is 0 Å². The number of benzene rings is 1. The Morgan fingerprint density at radius 1 is 1.26 bits per heavy atom. The first-order valence-corrected chi connectivity index (χ1v) is 6.22. The van der Waals surface area contributed by atoms with Crippen LogP contribution < -0.4 is 10.5 Å². The molecule has 4 heteroatoms. The molecule has 0 saturated heterocycles. The molecule has 2 rings (SSSR count). The molecule has 1 aromatic carbocycles. The number of aliphatic hydroxyl groups is 1. The number of aliphatic hydroxyl groups excluding tert-OH is 1. The van der Waals surface area contributed by atoms with Gasteiger partial charge in [0.05, 0.1) is 6.10 Å². The van der Waals surface area contributed by atoms with E-state index in [4.69, 9.17) is 10.5 Å². The maximum atomic E-state index is 10.4. The third-order valence-electron chi connectivity index (χ3n) is 2.73. The molecule has 1 atom stereocenters. The van der Waals surface area contributed by atoms with Gasteiger partial charge in [-0.3, -0.25) is 4.98 Å². The number of nitrogen functional groups attached to an aromatic ring is 1. The van der Waals surface area contributed by atoms with Crippen LogP contribution in [-0.4, -0.2) is 16.2 Å². The number of hydrogen-bond acceptors (Lipinski definition) is 4. The average molecular weight is 258 g/mol. The van der Waals surface area contributed by atoms with Crippen LogP contribution in [0.15, 0.2) is 42.7 Å². The second-order valence-electron chi connectivity index (χ2n) is 4.65. The molecule has 3 N–H and O–H groups in total. The fraction of sp³-hybridized carbons (Fsp3) is 0.267. The summed E-state index contributed by atoms with van der Waals surface area (Å²) in [6, 6.07) is 9.04. The first-order valence-electron chi connectivity index (χ1n) is 6.22. The van der Waals surface area contributed by atoms with E-state index in [1.54, 1.807) is 18.5 Å². The number of hydrogen-bond donors (Lipinski definition) is 2. The molecule has 1 heterocycles. The number of ether oxygens (including phenoxy) is 1. The molecule has 1 aromatic heterocycles. The molecular formula is C15H18N2O2. The molecule has 0 saturated carbocycles. The van der Waals surface area contributed by atoms with Crippen LogP contribution in [-0.2, 0) is 0 Å². The van der Waals surface area contributed by atoms with Gasteiger partial charge in [-0.1, -0.05) is 12.1 Å². The topological polar surface area (TPSA) is 68.4 Å². The van der Waals surface area contributed by atoms with Gasteiger partial charge in [0.15, 0.2) is 0 Å². The summed E-state index contributed by atoms with van der Waals surface area (Å²) >= 11 is 0. The van der Waals surface area contributed by atoms with Gasteiger partial charge < -0.3 is 15.6 Å². The minimum Gasteiger partial charge on any atom is -0.491 e. The van der Waals surface area contributed by atoms with Crippen LogP contribution >= 0.6 is 0 Å². The van der Waals surface area contributed by atoms with E-state index in [-0.39, 0.29) is 6.10 Å². The Morgan fingerprint density at radius 3 is 2.74 bits per heavy atom. The summed E-state index contributed by atoms with van der Waals surface area (Å²) in [7, 11) is 0. The molecule has 2 aromatic rings. The maximum absolute atomic E-state index is 10.4. The van der Waals surface area contributed by atoms with E-state index in [0.717, 1.165) is 11.3 Å². The van der Waals surface area contributed by atoms with E-state index >= 15 is 0 Å². The average Bonchev–Trinajstić information content (AvgIpc) is 2.38. The van der Waals surface area contributed by atoms with Crippen LogP contribution in [0.5, 0.6) is 5.75 Å². The summed E-state index contributed by atoms with van der Waals surface area (Å²) in [5.74, 6) is 0.731. The summed E-state index contributed by atoms with van der Waals surface area (Å²) < 4.78 is 5.61. The van der Waals surface area contributed by atoms with Crippen molar-refractivity contribution in [1.82, 2.24) is 4.98 Å². The summed E-state index contributed by atoms with van der Waals surface area (Å²) in [6.45, 7) is 3.92. The van der Waals surface area contributed by atoms with Crippen molar-refractivity contribution in [1.29, 1.82) is 0 Å². The van der Waals surface area contributed by atoms with Crippen molar-refractivity contribution in [2.75, 3.05) is 5.73 Å². The molecule has 0 aliphatic carbocycles. The highest BCUT2D eigenvalue weighted by Crippen LogP contribution is 2.28. The van der Waals surface area contributed by atoms with Gasteiger partial charge in [0.1, 0.15) is 11.9 Å². The van der Waals surface area contributed by atoms with Crippen molar-refractivity contribution in [2.24, 2.45) is 0 Å². The fourth-order valence-corrected chi connectivity index (χ4v) is 1.86. The van der Waals surface area contributed by atoms with Crippen LogP contribution in [0.25, 0.3) is 0 Å². The number of aromatic nitrogens is 1. The van der Waals surface area contributed by atoms with E-state index < -0.39 is 6.10 Å². The number of anilines is 1. The molecule has 0 bridgehead atoms. The van der Waals surface area contributed by atoms with Gasteiger partial charge in [0.25, 0.3) is 0 Å². The third-order valence-corrected chi connectivity index (χ3v) is 2.73. The molecule has 4 nitrogen and oxygen atoms in total. The Balaban J connectivity index is 2.29. The largest absolute Gasteiger partial charge is 0.491 e. The fourth-order valence-electron chi connectivity index (χ4n) is 1.86. The standard InChI is InChI=1S/C15H18N2O2/c1-10(2)19-12-5-3-4-11(8-12)15(18)13-9-17-7-6-14(13)16/h3-10,15,18H,1-2H3,(H2,16,17). The molecular weight excluding hydrogens is 240 g/mol. The summed E-state index contributed by atoms with van der Waals surface area (Å²) in [5.41, 5.74) is 7.71. The first-order chi connectivity index (χ1) is 9.08. The van der Waals surface area contributed by atoms with Crippen LogP contribution in [0.3, 0.4) is 0 Å². The minimum absolute atomic E-state index is 0.0934. The Labute approximate surface area is 112 Å². The van der Waals surface area contributed by atoms with Gasteiger partial charge in [0, 0.05) is 23.6 Å². The Bertz CT molecular complexity index is 555. The van der Waals surface area contributed by atoms with Gasteiger partial charge in [0.2, 0.25) is 0 Å². The first kappa shape index (κ1) is 13.4. The zero-order valence-corrected chi connectivity index (χ0v) is 11.1. The second-order valence-corrected chi connectivity index (χ2v) is 4.65. The van der Waals surface area contributed by atoms with E-state index in [0.29, 0.717) is 11.3 Å². The van der Waals surface area contributed by atoms with Crippen molar-refractivity contribution < 1.29 is 9.84 Å². The smallest absolute Gasteiger partial charge is 0.120 e. The zero-order chi connectivity index (χ0) is 13.8. The van der Waals surface area contributed by atoms with Gasteiger partial charge >= 0.3 is 0 Å². The molecule has 19 heavy (non-hydrogen) atoms. The van der Waals surface area contributed by atoms with Crippen LogP contribution in [0.4, 0.5) is 5.69 Å². The highest BCUT2D eigenvalue weighted by molar-refractivity contribution is 5.49. The van der Waals surface area contributed by atoms with Crippen LogP contribution in [0.2, 0.25) is 0 Å². The quantitative estimate of drug-likeness (QED) is 0.884. The van der Waals surface area contributed by atoms with E-state index in [1.807, 2.05) is 38.1 Å². The lowest BCUT2D eigenvalue weighted by molar-refractivity contribution is 0.217. The number of pyridine rings is 1. The minimum atomic E-state index is -0.801. The monoisotopic (exact) mass is 258 g/mol.